The second kappa shape index (κ2) is 12.9. The van der Waals surface area contributed by atoms with E-state index in [9.17, 15) is 18.0 Å². The maximum atomic E-state index is 13.3. The van der Waals surface area contributed by atoms with E-state index in [-0.39, 0.29) is 37.4 Å². The molecule has 2 aromatic rings. The minimum absolute atomic E-state index is 0.0550. The first-order valence-electron chi connectivity index (χ1n) is 11.4. The van der Waals surface area contributed by atoms with E-state index in [4.69, 9.17) is 4.74 Å². The molecule has 1 N–H and O–H groups in total. The lowest BCUT2D eigenvalue weighted by molar-refractivity contribution is -0.140. The lowest BCUT2D eigenvalue weighted by atomic mass is 10.1. The van der Waals surface area contributed by atoms with Crippen LogP contribution in [0.1, 0.15) is 39.2 Å². The quantitative estimate of drug-likeness (QED) is 0.419. The number of nitrogens with one attached hydrogen (secondary N) is 1. The molecule has 1 atom stereocenters. The molecular weight excluding hydrogens is 534 g/mol. The molecule has 0 spiro atoms. The largest absolute Gasteiger partial charge is 0.497 e. The highest BCUT2D eigenvalue weighted by Gasteiger charge is 2.27. The number of ether oxygens (including phenoxy) is 1. The first-order valence-corrected chi connectivity index (χ1v) is 14.0. The summed E-state index contributed by atoms with van der Waals surface area (Å²) in [7, 11) is -2.02. The van der Waals surface area contributed by atoms with Crippen LogP contribution in [-0.4, -0.2) is 57.1 Å². The van der Waals surface area contributed by atoms with E-state index in [2.05, 4.69) is 21.2 Å². The fourth-order valence-corrected chi connectivity index (χ4v) is 4.98. The summed E-state index contributed by atoms with van der Waals surface area (Å²) in [6.45, 7) is 5.83. The van der Waals surface area contributed by atoms with Crippen LogP contribution in [0.25, 0.3) is 0 Å². The molecule has 0 aromatic heterocycles. The van der Waals surface area contributed by atoms with E-state index in [0.717, 1.165) is 16.3 Å². The average molecular weight is 569 g/mol. The zero-order valence-corrected chi connectivity index (χ0v) is 23.2. The number of sulfonamides is 1. The van der Waals surface area contributed by atoms with Crippen LogP contribution in [-0.2, 0) is 26.2 Å². The first-order chi connectivity index (χ1) is 16.4. The minimum atomic E-state index is -3.55. The van der Waals surface area contributed by atoms with Crippen molar-refractivity contribution in [2.75, 3.05) is 24.2 Å². The number of amides is 2. The molecule has 0 aliphatic rings. The molecule has 2 aromatic carbocycles. The molecule has 0 bridgehead atoms. The van der Waals surface area contributed by atoms with Gasteiger partial charge in [-0.25, -0.2) is 8.42 Å². The van der Waals surface area contributed by atoms with Gasteiger partial charge in [-0.05, 0) is 69.2 Å². The number of anilines is 1. The van der Waals surface area contributed by atoms with Crippen LogP contribution in [0, 0.1) is 0 Å². The third-order valence-corrected chi connectivity index (χ3v) is 7.04. The van der Waals surface area contributed by atoms with Gasteiger partial charge < -0.3 is 15.0 Å². The molecule has 2 amide bonds. The van der Waals surface area contributed by atoms with E-state index in [1.807, 2.05) is 38.1 Å². The Morgan fingerprint density at radius 1 is 1.09 bits per heavy atom. The van der Waals surface area contributed by atoms with Gasteiger partial charge in [0.1, 0.15) is 11.8 Å². The van der Waals surface area contributed by atoms with E-state index in [1.54, 1.807) is 31.2 Å². The molecule has 192 valence electrons. The van der Waals surface area contributed by atoms with Crippen LogP contribution < -0.4 is 14.4 Å². The van der Waals surface area contributed by atoms with Crippen LogP contribution in [0.3, 0.4) is 0 Å². The number of nitrogens with zero attached hydrogens (tertiary/aromatic N) is 2. The molecule has 0 radical (unpaired) electrons. The molecular formula is C25H34BrN3O5S. The average Bonchev–Trinajstić information content (AvgIpc) is 2.78. The lowest BCUT2D eigenvalue weighted by Gasteiger charge is -2.30. The monoisotopic (exact) mass is 567 g/mol. The van der Waals surface area contributed by atoms with Crippen molar-refractivity contribution in [2.24, 2.45) is 0 Å². The Hall–Kier alpha value is -2.59. The molecule has 8 nitrogen and oxygen atoms in total. The van der Waals surface area contributed by atoms with Gasteiger partial charge in [-0.15, -0.1) is 0 Å². The Bertz CT molecular complexity index is 1110. The zero-order valence-electron chi connectivity index (χ0n) is 20.8. The van der Waals surface area contributed by atoms with Gasteiger partial charge in [-0.3, -0.25) is 13.9 Å². The Morgan fingerprint density at radius 3 is 2.29 bits per heavy atom. The van der Waals surface area contributed by atoms with Crippen LogP contribution in [0.15, 0.2) is 53.0 Å². The standard InChI is InChI=1S/C25H34BrN3O5S/c1-18(2)27-25(31)19(3)28(17-20-8-6-9-21(26)16-20)24(30)10-7-15-29(35(5,32)33)22-11-13-23(34-4)14-12-22/h6,8-9,11-14,16,18-19H,7,10,15,17H2,1-5H3,(H,27,31)/t19-/m0/s1. The number of rotatable bonds is 12. The fraction of sp³-hybridized carbons (Fsp3) is 0.440. The van der Waals surface area contributed by atoms with Gasteiger partial charge in [-0.1, -0.05) is 28.1 Å². The second-order valence-corrected chi connectivity index (χ2v) is 11.5. The molecule has 0 saturated carbocycles. The summed E-state index contributed by atoms with van der Waals surface area (Å²) in [5.74, 6) is 0.160. The number of halogens is 1. The number of benzene rings is 2. The molecule has 0 heterocycles. The molecule has 0 fully saturated rings. The van der Waals surface area contributed by atoms with E-state index < -0.39 is 16.1 Å². The van der Waals surface area contributed by atoms with Crippen molar-refractivity contribution in [1.29, 1.82) is 0 Å². The Kier molecular flexibility index (Phi) is 10.6. The predicted octanol–water partition coefficient (Wildman–Crippen LogP) is 3.95. The molecule has 0 saturated heterocycles. The van der Waals surface area contributed by atoms with Crippen molar-refractivity contribution in [3.63, 3.8) is 0 Å². The third-order valence-electron chi connectivity index (χ3n) is 5.35. The summed E-state index contributed by atoms with van der Waals surface area (Å²) >= 11 is 3.44. The highest BCUT2D eigenvalue weighted by Crippen LogP contribution is 2.22. The molecule has 0 unspecified atom stereocenters. The van der Waals surface area contributed by atoms with Crippen LogP contribution >= 0.6 is 15.9 Å². The van der Waals surface area contributed by atoms with E-state index in [1.165, 1.54) is 16.3 Å². The fourth-order valence-electron chi connectivity index (χ4n) is 3.57. The van der Waals surface area contributed by atoms with Gasteiger partial charge in [0.2, 0.25) is 21.8 Å². The van der Waals surface area contributed by atoms with Gasteiger partial charge in [0.15, 0.2) is 0 Å². The second-order valence-electron chi connectivity index (χ2n) is 8.63. The zero-order chi connectivity index (χ0) is 26.2. The van der Waals surface area contributed by atoms with Crippen molar-refractivity contribution < 1.29 is 22.7 Å². The normalized spacial score (nSPS) is 12.2. The first kappa shape index (κ1) is 28.6. The van der Waals surface area contributed by atoms with Crippen molar-refractivity contribution in [3.05, 3.63) is 58.6 Å². The third kappa shape index (κ3) is 8.85. The highest BCUT2D eigenvalue weighted by molar-refractivity contribution is 9.10. The number of carbonyl (C=O) groups is 2. The number of hydrogen-bond donors (Lipinski definition) is 1. The molecule has 35 heavy (non-hydrogen) atoms. The molecule has 0 aliphatic carbocycles. The van der Waals surface area contributed by atoms with Crippen LogP contribution in [0.2, 0.25) is 0 Å². The van der Waals surface area contributed by atoms with Gasteiger partial charge in [0.05, 0.1) is 19.1 Å². The van der Waals surface area contributed by atoms with Gasteiger partial charge in [-0.2, -0.15) is 0 Å². The Labute approximate surface area is 216 Å². The van der Waals surface area contributed by atoms with Crippen molar-refractivity contribution in [1.82, 2.24) is 10.2 Å². The lowest BCUT2D eigenvalue weighted by Crippen LogP contribution is -2.49. The Balaban J connectivity index is 2.16. The molecule has 0 aliphatic heterocycles. The summed E-state index contributed by atoms with van der Waals surface area (Å²) in [4.78, 5) is 27.5. The van der Waals surface area contributed by atoms with E-state index >= 15 is 0 Å². The summed E-state index contributed by atoms with van der Waals surface area (Å²) in [5.41, 5.74) is 1.38. The summed E-state index contributed by atoms with van der Waals surface area (Å²) in [6.07, 6.45) is 1.53. The molecule has 2 rings (SSSR count). The maximum absolute atomic E-state index is 13.3. The number of carbonyl (C=O) groups excluding carboxylic acids is 2. The van der Waals surface area contributed by atoms with Gasteiger partial charge >= 0.3 is 0 Å². The maximum Gasteiger partial charge on any atom is 0.242 e. The smallest absolute Gasteiger partial charge is 0.242 e. The van der Waals surface area contributed by atoms with Crippen molar-refractivity contribution >= 4 is 43.5 Å². The van der Waals surface area contributed by atoms with Crippen LogP contribution in [0.4, 0.5) is 5.69 Å². The molecule has 10 heteroatoms. The Morgan fingerprint density at radius 2 is 1.74 bits per heavy atom. The topological polar surface area (TPSA) is 96.0 Å². The van der Waals surface area contributed by atoms with Gasteiger partial charge in [0.25, 0.3) is 0 Å². The summed E-state index contributed by atoms with van der Waals surface area (Å²) < 4.78 is 32.1. The predicted molar refractivity (Wildman–Crippen MR) is 142 cm³/mol. The van der Waals surface area contributed by atoms with Crippen LogP contribution in [0.5, 0.6) is 5.75 Å². The SMILES string of the molecule is COc1ccc(N(CCCC(=O)N(Cc2cccc(Br)c2)[C@@H](C)C(=O)NC(C)C)S(C)(=O)=O)cc1. The van der Waals surface area contributed by atoms with Crippen molar-refractivity contribution in [2.45, 2.75) is 52.2 Å². The number of methoxy groups -OCH3 is 1. The minimum Gasteiger partial charge on any atom is -0.497 e. The summed E-state index contributed by atoms with van der Waals surface area (Å²) in [5, 5.41) is 2.86. The van der Waals surface area contributed by atoms with Gasteiger partial charge in [0, 0.05) is 30.0 Å². The van der Waals surface area contributed by atoms with Crippen molar-refractivity contribution in [3.8, 4) is 5.75 Å². The summed E-state index contributed by atoms with van der Waals surface area (Å²) in [6, 6.07) is 13.5. The number of hydrogen-bond acceptors (Lipinski definition) is 5. The highest BCUT2D eigenvalue weighted by atomic mass is 79.9. The van der Waals surface area contributed by atoms with E-state index in [0.29, 0.717) is 17.9 Å².